The van der Waals surface area contributed by atoms with Gasteiger partial charge in [-0.15, -0.1) is 0 Å². The fourth-order valence-corrected chi connectivity index (χ4v) is 2.04. The molecule has 1 amide bonds. The summed E-state index contributed by atoms with van der Waals surface area (Å²) in [6.45, 7) is 1.91. The maximum absolute atomic E-state index is 12.4. The number of nitrogens with zero attached hydrogens (tertiary/aromatic N) is 1. The number of hydrogen-bond donors (Lipinski definition) is 2. The molecule has 1 aliphatic rings. The van der Waals surface area contributed by atoms with Crippen molar-refractivity contribution in [3.8, 4) is 5.75 Å². The third-order valence-electron chi connectivity index (χ3n) is 3.28. The summed E-state index contributed by atoms with van der Waals surface area (Å²) in [5.41, 5.74) is 0.886. The van der Waals surface area contributed by atoms with Gasteiger partial charge in [-0.1, -0.05) is 12.1 Å². The minimum atomic E-state index is -0.924. The molecular formula is C14H17NO4. The number of carboxylic acid groups (broad SMARTS) is 1. The zero-order valence-corrected chi connectivity index (χ0v) is 10.8. The molecule has 1 saturated carbocycles. The number of benzene rings is 1. The average molecular weight is 263 g/mol. The van der Waals surface area contributed by atoms with E-state index in [1.165, 1.54) is 0 Å². The second kappa shape index (κ2) is 5.30. The third-order valence-corrected chi connectivity index (χ3v) is 3.28. The van der Waals surface area contributed by atoms with Crippen LogP contribution in [0, 0.1) is 6.92 Å². The number of phenolic OH excluding ortho intramolecular Hbond substituents is 1. The summed E-state index contributed by atoms with van der Waals surface area (Å²) in [5.74, 6) is -1.23. The molecule has 5 nitrogen and oxygen atoms in total. The van der Waals surface area contributed by atoms with Crippen molar-refractivity contribution in [1.82, 2.24) is 4.90 Å². The second-order valence-corrected chi connectivity index (χ2v) is 4.84. The maximum atomic E-state index is 12.4. The largest absolute Gasteiger partial charge is 0.507 e. The first-order valence-corrected chi connectivity index (χ1v) is 6.32. The first-order chi connectivity index (χ1) is 9.00. The summed E-state index contributed by atoms with van der Waals surface area (Å²) in [7, 11) is 0. The number of para-hydroxylation sites is 1. The lowest BCUT2D eigenvalue weighted by Crippen LogP contribution is -2.35. The van der Waals surface area contributed by atoms with Gasteiger partial charge in [0.25, 0.3) is 5.91 Å². The number of amides is 1. The average Bonchev–Trinajstić information content (AvgIpc) is 3.17. The Morgan fingerprint density at radius 2 is 2.05 bits per heavy atom. The zero-order valence-electron chi connectivity index (χ0n) is 10.8. The summed E-state index contributed by atoms with van der Waals surface area (Å²) in [6, 6.07) is 5.13. The highest BCUT2D eigenvalue weighted by Gasteiger charge is 2.34. The van der Waals surface area contributed by atoms with Gasteiger partial charge in [-0.2, -0.15) is 0 Å². The molecular weight excluding hydrogens is 246 g/mol. The molecule has 0 saturated heterocycles. The minimum absolute atomic E-state index is 0.0199. The highest BCUT2D eigenvalue weighted by atomic mass is 16.4. The highest BCUT2D eigenvalue weighted by molar-refractivity contribution is 5.97. The first-order valence-electron chi connectivity index (χ1n) is 6.32. The monoisotopic (exact) mass is 263 g/mol. The molecule has 0 aliphatic heterocycles. The van der Waals surface area contributed by atoms with Crippen LogP contribution in [0.3, 0.4) is 0 Å². The van der Waals surface area contributed by atoms with E-state index in [1.54, 1.807) is 30.0 Å². The lowest BCUT2D eigenvalue weighted by atomic mass is 10.1. The zero-order chi connectivity index (χ0) is 14.0. The predicted molar refractivity (Wildman–Crippen MR) is 69.2 cm³/mol. The van der Waals surface area contributed by atoms with Crippen molar-refractivity contribution in [2.75, 3.05) is 6.54 Å². The molecule has 2 rings (SSSR count). The van der Waals surface area contributed by atoms with Crippen LogP contribution in [-0.4, -0.2) is 39.6 Å². The molecule has 0 bridgehead atoms. The molecule has 5 heteroatoms. The van der Waals surface area contributed by atoms with Crippen LogP contribution in [0.5, 0.6) is 5.75 Å². The van der Waals surface area contributed by atoms with E-state index in [2.05, 4.69) is 0 Å². The van der Waals surface area contributed by atoms with Crippen LogP contribution in [0.2, 0.25) is 0 Å². The standard InChI is InChI=1S/C14H17NO4/c1-9-3-2-4-11(13(9)18)14(19)15(10-5-6-10)8-7-12(16)17/h2-4,10,18H,5-8H2,1H3,(H,16,17). The van der Waals surface area contributed by atoms with Gasteiger partial charge in [0.1, 0.15) is 5.75 Å². The summed E-state index contributed by atoms with van der Waals surface area (Å²) in [5, 5.41) is 18.7. The molecule has 1 aromatic rings. The molecule has 0 aromatic heterocycles. The number of aliphatic carboxylic acids is 1. The molecule has 1 aliphatic carbocycles. The number of carbonyl (C=O) groups excluding carboxylic acids is 1. The Balaban J connectivity index is 2.19. The SMILES string of the molecule is Cc1cccc(C(=O)N(CCC(=O)O)C2CC2)c1O. The summed E-state index contributed by atoms with van der Waals surface area (Å²) in [6.07, 6.45) is 1.73. The first kappa shape index (κ1) is 13.4. The Morgan fingerprint density at radius 1 is 1.37 bits per heavy atom. The van der Waals surface area contributed by atoms with E-state index >= 15 is 0 Å². The number of aromatic hydroxyl groups is 1. The smallest absolute Gasteiger partial charge is 0.305 e. The Morgan fingerprint density at radius 3 is 2.63 bits per heavy atom. The van der Waals surface area contributed by atoms with Crippen molar-refractivity contribution in [3.05, 3.63) is 29.3 Å². The normalized spacial score (nSPS) is 14.2. The van der Waals surface area contributed by atoms with Crippen molar-refractivity contribution in [2.45, 2.75) is 32.2 Å². The van der Waals surface area contributed by atoms with E-state index in [4.69, 9.17) is 5.11 Å². The number of hydrogen-bond acceptors (Lipinski definition) is 3. The molecule has 19 heavy (non-hydrogen) atoms. The van der Waals surface area contributed by atoms with Crippen LogP contribution in [0.15, 0.2) is 18.2 Å². The van der Waals surface area contributed by atoms with Gasteiger partial charge in [-0.3, -0.25) is 9.59 Å². The second-order valence-electron chi connectivity index (χ2n) is 4.84. The van der Waals surface area contributed by atoms with Crippen LogP contribution in [0.4, 0.5) is 0 Å². The fraction of sp³-hybridized carbons (Fsp3) is 0.429. The molecule has 0 heterocycles. The van der Waals surface area contributed by atoms with E-state index in [-0.39, 0.29) is 36.2 Å². The van der Waals surface area contributed by atoms with Gasteiger partial charge in [0.15, 0.2) is 0 Å². The summed E-state index contributed by atoms with van der Waals surface area (Å²) in [4.78, 5) is 24.6. The van der Waals surface area contributed by atoms with Crippen LogP contribution >= 0.6 is 0 Å². The lowest BCUT2D eigenvalue weighted by Gasteiger charge is -2.22. The number of phenols is 1. The number of carbonyl (C=O) groups is 2. The minimum Gasteiger partial charge on any atom is -0.507 e. The van der Waals surface area contributed by atoms with Crippen molar-refractivity contribution in [2.24, 2.45) is 0 Å². The predicted octanol–water partition coefficient (Wildman–Crippen LogP) is 1.78. The molecule has 0 radical (unpaired) electrons. The number of aryl methyl sites for hydroxylation is 1. The van der Waals surface area contributed by atoms with Gasteiger partial charge >= 0.3 is 5.97 Å². The molecule has 0 spiro atoms. The van der Waals surface area contributed by atoms with Gasteiger partial charge < -0.3 is 15.1 Å². The third kappa shape index (κ3) is 3.05. The van der Waals surface area contributed by atoms with E-state index < -0.39 is 5.97 Å². The van der Waals surface area contributed by atoms with Crippen LogP contribution in [0.1, 0.15) is 35.2 Å². The fourth-order valence-electron chi connectivity index (χ4n) is 2.04. The van der Waals surface area contributed by atoms with Crippen LogP contribution in [0.25, 0.3) is 0 Å². The quantitative estimate of drug-likeness (QED) is 0.848. The lowest BCUT2D eigenvalue weighted by molar-refractivity contribution is -0.137. The van der Waals surface area contributed by atoms with Crippen molar-refractivity contribution < 1.29 is 19.8 Å². The van der Waals surface area contributed by atoms with E-state index in [0.29, 0.717) is 5.56 Å². The highest BCUT2D eigenvalue weighted by Crippen LogP contribution is 2.31. The van der Waals surface area contributed by atoms with Crippen molar-refractivity contribution in [3.63, 3.8) is 0 Å². The van der Waals surface area contributed by atoms with Crippen LogP contribution in [-0.2, 0) is 4.79 Å². The summed E-state index contributed by atoms with van der Waals surface area (Å²) < 4.78 is 0. The molecule has 2 N–H and O–H groups in total. The van der Waals surface area contributed by atoms with Gasteiger partial charge in [0.2, 0.25) is 0 Å². The van der Waals surface area contributed by atoms with E-state index in [0.717, 1.165) is 12.8 Å². The van der Waals surface area contributed by atoms with Gasteiger partial charge in [0, 0.05) is 12.6 Å². The Kier molecular flexibility index (Phi) is 3.74. The maximum Gasteiger partial charge on any atom is 0.305 e. The molecule has 1 fully saturated rings. The molecule has 0 unspecified atom stereocenters. The van der Waals surface area contributed by atoms with Crippen molar-refractivity contribution >= 4 is 11.9 Å². The number of carboxylic acids is 1. The Hall–Kier alpha value is -2.04. The Bertz CT molecular complexity index is 508. The van der Waals surface area contributed by atoms with Gasteiger partial charge in [-0.05, 0) is 31.4 Å². The molecule has 1 aromatic carbocycles. The van der Waals surface area contributed by atoms with Crippen molar-refractivity contribution in [1.29, 1.82) is 0 Å². The Labute approximate surface area is 111 Å². The van der Waals surface area contributed by atoms with Gasteiger partial charge in [-0.25, -0.2) is 0 Å². The molecule has 102 valence electrons. The topological polar surface area (TPSA) is 77.8 Å². The van der Waals surface area contributed by atoms with Crippen LogP contribution < -0.4 is 0 Å². The molecule has 0 atom stereocenters. The summed E-state index contributed by atoms with van der Waals surface area (Å²) >= 11 is 0. The van der Waals surface area contributed by atoms with E-state index in [9.17, 15) is 14.7 Å². The van der Waals surface area contributed by atoms with Gasteiger partial charge in [0.05, 0.1) is 12.0 Å². The van der Waals surface area contributed by atoms with E-state index in [1.807, 2.05) is 0 Å². The number of rotatable bonds is 5.